The molecule has 0 bridgehead atoms. The van der Waals surface area contributed by atoms with Crippen molar-refractivity contribution in [2.75, 3.05) is 13.6 Å². The zero-order valence-electron chi connectivity index (χ0n) is 15.3. The molecule has 0 spiro atoms. The summed E-state index contributed by atoms with van der Waals surface area (Å²) in [6.07, 6.45) is 4.90. The van der Waals surface area contributed by atoms with Crippen LogP contribution < -0.4 is 5.32 Å². The molecule has 0 saturated carbocycles. The summed E-state index contributed by atoms with van der Waals surface area (Å²) in [5, 5.41) is 2.95. The normalized spacial score (nSPS) is 17.4. The van der Waals surface area contributed by atoms with Gasteiger partial charge in [0, 0.05) is 24.7 Å². The highest BCUT2D eigenvalue weighted by Gasteiger charge is 2.26. The van der Waals surface area contributed by atoms with Crippen molar-refractivity contribution in [2.45, 2.75) is 45.2 Å². The van der Waals surface area contributed by atoms with Crippen molar-refractivity contribution in [1.82, 2.24) is 20.2 Å². The zero-order chi connectivity index (χ0) is 18.5. The summed E-state index contributed by atoms with van der Waals surface area (Å²) >= 11 is 0. The van der Waals surface area contributed by atoms with Crippen molar-refractivity contribution in [3.63, 3.8) is 0 Å². The molecule has 1 aliphatic heterocycles. The molecule has 26 heavy (non-hydrogen) atoms. The number of likely N-dealkylation sites (tertiary alicyclic amines) is 1. The Hall–Kier alpha value is -2.34. The minimum atomic E-state index is -0.273. The van der Waals surface area contributed by atoms with Gasteiger partial charge >= 0.3 is 0 Å². The monoisotopic (exact) mass is 356 g/mol. The van der Waals surface area contributed by atoms with E-state index in [0.717, 1.165) is 42.0 Å². The molecule has 2 aromatic rings. The van der Waals surface area contributed by atoms with Crippen LogP contribution in [0.3, 0.4) is 0 Å². The third kappa shape index (κ3) is 4.64. The maximum absolute atomic E-state index is 13.2. The lowest BCUT2D eigenvalue weighted by Crippen LogP contribution is -2.26. The summed E-state index contributed by atoms with van der Waals surface area (Å²) in [5.74, 6) is 0.423. The van der Waals surface area contributed by atoms with Crippen LogP contribution in [0.4, 0.5) is 4.39 Å². The third-order valence-corrected chi connectivity index (χ3v) is 4.86. The number of benzene rings is 1. The Kier molecular flexibility index (Phi) is 5.93. The quantitative estimate of drug-likeness (QED) is 0.865. The maximum atomic E-state index is 13.2. The van der Waals surface area contributed by atoms with Crippen molar-refractivity contribution in [3.05, 3.63) is 58.9 Å². The summed E-state index contributed by atoms with van der Waals surface area (Å²) in [7, 11) is 2.11. The molecule has 2 heterocycles. The van der Waals surface area contributed by atoms with E-state index in [9.17, 15) is 9.18 Å². The van der Waals surface area contributed by atoms with Gasteiger partial charge in [-0.2, -0.15) is 0 Å². The van der Waals surface area contributed by atoms with Gasteiger partial charge in [0.15, 0.2) is 0 Å². The Morgan fingerprint density at radius 1 is 1.42 bits per heavy atom. The van der Waals surface area contributed by atoms with Gasteiger partial charge in [0.2, 0.25) is 5.91 Å². The van der Waals surface area contributed by atoms with Gasteiger partial charge in [0.1, 0.15) is 11.6 Å². The molecule has 5 nitrogen and oxygen atoms in total. The van der Waals surface area contributed by atoms with Crippen LogP contribution in [0.2, 0.25) is 0 Å². The van der Waals surface area contributed by atoms with E-state index in [4.69, 9.17) is 0 Å². The Morgan fingerprint density at radius 3 is 3.00 bits per heavy atom. The van der Waals surface area contributed by atoms with Gasteiger partial charge in [-0.25, -0.2) is 14.4 Å². The lowest BCUT2D eigenvalue weighted by Gasteiger charge is -2.21. The number of halogens is 1. The van der Waals surface area contributed by atoms with Gasteiger partial charge < -0.3 is 5.32 Å². The van der Waals surface area contributed by atoms with Crippen LogP contribution in [-0.2, 0) is 17.8 Å². The van der Waals surface area contributed by atoms with Crippen molar-refractivity contribution < 1.29 is 9.18 Å². The van der Waals surface area contributed by atoms with Crippen LogP contribution >= 0.6 is 0 Å². The highest BCUT2D eigenvalue weighted by Crippen LogP contribution is 2.31. The molecule has 1 amide bonds. The Balaban J connectivity index is 1.59. The first-order chi connectivity index (χ1) is 12.5. The minimum Gasteiger partial charge on any atom is -0.352 e. The first-order valence-corrected chi connectivity index (χ1v) is 9.06. The van der Waals surface area contributed by atoms with E-state index >= 15 is 0 Å². The largest absolute Gasteiger partial charge is 0.352 e. The standard InChI is InChI=1S/C20H25FN4O/c1-14-22-12-16(20(24-14)18-7-4-10-25(18)2)13-23-19(26)9-8-15-5-3-6-17(21)11-15/h3,5-6,11-12,18H,4,7-10,13H2,1-2H3,(H,23,26). The number of aromatic nitrogens is 2. The van der Waals surface area contributed by atoms with Crippen LogP contribution in [0, 0.1) is 12.7 Å². The van der Waals surface area contributed by atoms with Gasteiger partial charge in [0.25, 0.3) is 0 Å². The predicted octanol–water partition coefficient (Wildman–Crippen LogP) is 2.94. The zero-order valence-corrected chi connectivity index (χ0v) is 15.3. The third-order valence-electron chi connectivity index (χ3n) is 4.86. The van der Waals surface area contributed by atoms with Crippen molar-refractivity contribution in [2.24, 2.45) is 0 Å². The smallest absolute Gasteiger partial charge is 0.220 e. The fourth-order valence-corrected chi connectivity index (χ4v) is 3.43. The first kappa shape index (κ1) is 18.5. The predicted molar refractivity (Wildman–Crippen MR) is 97.9 cm³/mol. The van der Waals surface area contributed by atoms with Crippen LogP contribution in [0.25, 0.3) is 0 Å². The van der Waals surface area contributed by atoms with Gasteiger partial charge in [-0.1, -0.05) is 12.1 Å². The molecular weight excluding hydrogens is 331 g/mol. The van der Waals surface area contributed by atoms with Crippen molar-refractivity contribution in [1.29, 1.82) is 0 Å². The molecule has 6 heteroatoms. The van der Waals surface area contributed by atoms with E-state index in [1.165, 1.54) is 12.1 Å². The average molecular weight is 356 g/mol. The van der Waals surface area contributed by atoms with E-state index in [1.54, 1.807) is 6.07 Å². The molecule has 3 rings (SSSR count). The van der Waals surface area contributed by atoms with Gasteiger partial charge in [-0.3, -0.25) is 9.69 Å². The number of carbonyl (C=O) groups excluding carboxylic acids is 1. The highest BCUT2D eigenvalue weighted by molar-refractivity contribution is 5.76. The summed E-state index contributed by atoms with van der Waals surface area (Å²) in [6, 6.07) is 6.66. The lowest BCUT2D eigenvalue weighted by molar-refractivity contribution is -0.121. The number of nitrogens with one attached hydrogen (secondary N) is 1. The SMILES string of the molecule is Cc1ncc(CNC(=O)CCc2cccc(F)c2)c(C2CCCN2C)n1. The molecule has 138 valence electrons. The number of nitrogens with zero attached hydrogens (tertiary/aromatic N) is 3. The summed E-state index contributed by atoms with van der Waals surface area (Å²) < 4.78 is 13.2. The van der Waals surface area contributed by atoms with E-state index in [0.29, 0.717) is 19.4 Å². The second-order valence-corrected chi connectivity index (χ2v) is 6.87. The second kappa shape index (κ2) is 8.36. The molecule has 1 fully saturated rings. The first-order valence-electron chi connectivity index (χ1n) is 9.06. The number of amides is 1. The van der Waals surface area contributed by atoms with Gasteiger partial charge in [-0.15, -0.1) is 0 Å². The number of hydrogen-bond acceptors (Lipinski definition) is 4. The summed E-state index contributed by atoms with van der Waals surface area (Å²) in [5.41, 5.74) is 2.81. The van der Waals surface area contributed by atoms with Crippen molar-refractivity contribution >= 4 is 5.91 Å². The van der Waals surface area contributed by atoms with E-state index in [-0.39, 0.29) is 17.8 Å². The molecule has 1 saturated heterocycles. The fraction of sp³-hybridized carbons (Fsp3) is 0.450. The number of rotatable bonds is 6. The summed E-state index contributed by atoms with van der Waals surface area (Å²) in [6.45, 7) is 3.37. The van der Waals surface area contributed by atoms with Crippen LogP contribution in [0.15, 0.2) is 30.5 Å². The Labute approximate surface area is 153 Å². The van der Waals surface area contributed by atoms with E-state index < -0.39 is 0 Å². The number of aryl methyl sites for hydroxylation is 2. The van der Waals surface area contributed by atoms with Gasteiger partial charge in [0.05, 0.1) is 11.7 Å². The molecule has 0 radical (unpaired) electrons. The van der Waals surface area contributed by atoms with Crippen LogP contribution in [-0.4, -0.2) is 34.4 Å². The highest BCUT2D eigenvalue weighted by atomic mass is 19.1. The lowest BCUT2D eigenvalue weighted by atomic mass is 10.1. The molecule has 1 atom stereocenters. The molecule has 1 aromatic heterocycles. The number of hydrogen-bond donors (Lipinski definition) is 1. The van der Waals surface area contributed by atoms with E-state index in [2.05, 4.69) is 27.2 Å². The molecular formula is C20H25FN4O. The minimum absolute atomic E-state index is 0.0550. The molecule has 1 unspecified atom stereocenters. The molecule has 1 N–H and O–H groups in total. The Bertz CT molecular complexity index is 780. The topological polar surface area (TPSA) is 58.1 Å². The molecule has 1 aliphatic rings. The summed E-state index contributed by atoms with van der Waals surface area (Å²) in [4.78, 5) is 23.4. The molecule has 0 aliphatic carbocycles. The average Bonchev–Trinajstić information content (AvgIpc) is 3.04. The van der Waals surface area contributed by atoms with E-state index in [1.807, 2.05) is 19.2 Å². The van der Waals surface area contributed by atoms with Crippen LogP contribution in [0.1, 0.15) is 47.9 Å². The van der Waals surface area contributed by atoms with Crippen LogP contribution in [0.5, 0.6) is 0 Å². The fourth-order valence-electron chi connectivity index (χ4n) is 3.43. The number of carbonyl (C=O) groups is 1. The molecule has 1 aromatic carbocycles. The maximum Gasteiger partial charge on any atom is 0.220 e. The van der Waals surface area contributed by atoms with Gasteiger partial charge in [-0.05, 0) is 57.5 Å². The Morgan fingerprint density at radius 2 is 2.27 bits per heavy atom. The van der Waals surface area contributed by atoms with Crippen molar-refractivity contribution in [3.8, 4) is 0 Å². The second-order valence-electron chi connectivity index (χ2n) is 6.87.